The first kappa shape index (κ1) is 17.6. The maximum atomic E-state index is 5.97. The van der Waals surface area contributed by atoms with Gasteiger partial charge in [0.25, 0.3) is 0 Å². The van der Waals surface area contributed by atoms with Gasteiger partial charge in [-0.05, 0) is 36.4 Å². The summed E-state index contributed by atoms with van der Waals surface area (Å²) in [5, 5.41) is 14.6. The van der Waals surface area contributed by atoms with E-state index in [4.69, 9.17) is 25.8 Å². The summed E-state index contributed by atoms with van der Waals surface area (Å²) < 4.78 is 17.9. The van der Waals surface area contributed by atoms with E-state index in [1.807, 2.05) is 36.4 Å². The van der Waals surface area contributed by atoms with Gasteiger partial charge in [-0.25, -0.2) is 0 Å². The van der Waals surface area contributed by atoms with Gasteiger partial charge in [0.1, 0.15) is 5.01 Å². The van der Waals surface area contributed by atoms with Gasteiger partial charge in [0.2, 0.25) is 10.7 Å². The third-order valence-electron chi connectivity index (χ3n) is 4.00. The van der Waals surface area contributed by atoms with Crippen LogP contribution in [0.3, 0.4) is 0 Å². The van der Waals surface area contributed by atoms with Gasteiger partial charge in [-0.2, -0.15) is 9.61 Å². The topological polar surface area (TPSA) is 70.8 Å². The normalized spacial score (nSPS) is 11.0. The van der Waals surface area contributed by atoms with Crippen molar-refractivity contribution in [3.63, 3.8) is 0 Å². The molecule has 9 heteroatoms. The molecule has 4 rings (SSSR count). The van der Waals surface area contributed by atoms with Gasteiger partial charge in [-0.1, -0.05) is 22.9 Å². The number of ether oxygens (including phenoxy) is 3. The molecule has 0 saturated carbocycles. The van der Waals surface area contributed by atoms with Gasteiger partial charge in [0.15, 0.2) is 17.3 Å². The molecule has 0 saturated heterocycles. The Balaban J connectivity index is 1.82. The minimum absolute atomic E-state index is 0.536. The van der Waals surface area contributed by atoms with Crippen LogP contribution in [0.5, 0.6) is 17.2 Å². The monoisotopic (exact) mass is 402 g/mol. The number of aromatic nitrogens is 4. The molecule has 2 heterocycles. The van der Waals surface area contributed by atoms with E-state index in [1.165, 1.54) is 11.3 Å². The maximum Gasteiger partial charge on any atom is 0.235 e. The zero-order valence-corrected chi connectivity index (χ0v) is 16.3. The number of hydrogen-bond donors (Lipinski definition) is 0. The molecule has 0 unspecified atom stereocenters. The van der Waals surface area contributed by atoms with Gasteiger partial charge in [-0.15, -0.1) is 10.2 Å². The lowest BCUT2D eigenvalue weighted by molar-refractivity contribution is 0.324. The van der Waals surface area contributed by atoms with Gasteiger partial charge in [-0.3, -0.25) is 0 Å². The lowest BCUT2D eigenvalue weighted by Gasteiger charge is -2.13. The molecular formula is C18H15ClN4O3S. The molecule has 0 bridgehead atoms. The fourth-order valence-electron chi connectivity index (χ4n) is 2.72. The number of fused-ring (bicyclic) bond motifs is 1. The zero-order chi connectivity index (χ0) is 19.0. The van der Waals surface area contributed by atoms with E-state index in [9.17, 15) is 0 Å². The smallest absolute Gasteiger partial charge is 0.235 e. The predicted octanol–water partition coefficient (Wildman–Crippen LogP) is 4.20. The zero-order valence-electron chi connectivity index (χ0n) is 14.8. The molecule has 0 fully saturated rings. The van der Waals surface area contributed by atoms with Crippen molar-refractivity contribution in [2.45, 2.75) is 0 Å². The van der Waals surface area contributed by atoms with Crippen LogP contribution in [0.2, 0.25) is 5.02 Å². The van der Waals surface area contributed by atoms with Crippen LogP contribution >= 0.6 is 22.9 Å². The summed E-state index contributed by atoms with van der Waals surface area (Å²) in [6.45, 7) is 0. The summed E-state index contributed by atoms with van der Waals surface area (Å²) in [5.41, 5.74) is 1.72. The molecule has 27 heavy (non-hydrogen) atoms. The molecule has 0 spiro atoms. The summed E-state index contributed by atoms with van der Waals surface area (Å²) in [6, 6.07) is 11.1. The SMILES string of the molecule is COc1cc(-c2nn3c(-c4ccc(Cl)cc4)nnc3s2)cc(OC)c1OC. The Hall–Kier alpha value is -2.84. The first-order valence-corrected chi connectivity index (χ1v) is 9.12. The van der Waals surface area contributed by atoms with E-state index in [0.717, 1.165) is 16.1 Å². The predicted molar refractivity (Wildman–Crippen MR) is 104 cm³/mol. The molecule has 2 aromatic heterocycles. The summed E-state index contributed by atoms with van der Waals surface area (Å²) in [4.78, 5) is 0.684. The van der Waals surface area contributed by atoms with Crippen molar-refractivity contribution in [2.24, 2.45) is 0 Å². The van der Waals surface area contributed by atoms with Crippen LogP contribution in [-0.2, 0) is 0 Å². The van der Waals surface area contributed by atoms with Gasteiger partial charge in [0.05, 0.1) is 21.3 Å². The van der Waals surface area contributed by atoms with Crippen LogP contribution in [0, 0.1) is 0 Å². The number of nitrogens with zero attached hydrogens (tertiary/aromatic N) is 4. The molecule has 0 N–H and O–H groups in total. The summed E-state index contributed by atoms with van der Waals surface area (Å²) >= 11 is 7.39. The number of rotatable bonds is 5. The molecule has 4 aromatic rings. The van der Waals surface area contributed by atoms with E-state index in [1.54, 1.807) is 25.8 Å². The van der Waals surface area contributed by atoms with Crippen LogP contribution < -0.4 is 14.2 Å². The second kappa shape index (κ2) is 7.05. The molecule has 0 atom stereocenters. The number of halogens is 1. The van der Waals surface area contributed by atoms with Crippen LogP contribution in [0.15, 0.2) is 36.4 Å². The Morgan fingerprint density at radius 3 is 2.15 bits per heavy atom. The first-order chi connectivity index (χ1) is 13.1. The quantitative estimate of drug-likeness (QED) is 0.498. The lowest BCUT2D eigenvalue weighted by Crippen LogP contribution is -1.96. The van der Waals surface area contributed by atoms with E-state index in [0.29, 0.717) is 33.1 Å². The van der Waals surface area contributed by atoms with Gasteiger partial charge in [0, 0.05) is 16.1 Å². The largest absolute Gasteiger partial charge is 0.493 e. The minimum atomic E-state index is 0.536. The van der Waals surface area contributed by atoms with Crippen LogP contribution in [0.4, 0.5) is 0 Å². The van der Waals surface area contributed by atoms with E-state index >= 15 is 0 Å². The van der Waals surface area contributed by atoms with Crippen molar-refractivity contribution >= 4 is 27.9 Å². The van der Waals surface area contributed by atoms with Crippen LogP contribution in [0.25, 0.3) is 26.9 Å². The average molecular weight is 403 g/mol. The number of methoxy groups -OCH3 is 3. The molecule has 138 valence electrons. The Bertz CT molecular complexity index is 1080. The Kier molecular flexibility index (Phi) is 4.59. The third kappa shape index (κ3) is 3.07. The summed E-state index contributed by atoms with van der Waals surface area (Å²) in [7, 11) is 4.73. The second-order valence-electron chi connectivity index (χ2n) is 5.55. The number of benzene rings is 2. The highest BCUT2D eigenvalue weighted by Crippen LogP contribution is 2.42. The Morgan fingerprint density at radius 1 is 0.889 bits per heavy atom. The summed E-state index contributed by atoms with van der Waals surface area (Å²) in [6.07, 6.45) is 0. The average Bonchev–Trinajstić information content (AvgIpc) is 3.28. The Labute approximate surface area is 164 Å². The first-order valence-electron chi connectivity index (χ1n) is 7.93. The summed E-state index contributed by atoms with van der Waals surface area (Å²) in [5.74, 6) is 2.32. The van der Waals surface area contributed by atoms with Gasteiger partial charge >= 0.3 is 0 Å². The van der Waals surface area contributed by atoms with Crippen molar-refractivity contribution in [3.05, 3.63) is 41.4 Å². The molecular weight excluding hydrogens is 388 g/mol. The van der Waals surface area contributed by atoms with Crippen molar-refractivity contribution in [2.75, 3.05) is 21.3 Å². The molecule has 0 aliphatic rings. The van der Waals surface area contributed by atoms with Crippen molar-refractivity contribution in [1.82, 2.24) is 19.8 Å². The van der Waals surface area contributed by atoms with Crippen LogP contribution in [0.1, 0.15) is 0 Å². The van der Waals surface area contributed by atoms with Crippen LogP contribution in [-0.4, -0.2) is 41.1 Å². The lowest BCUT2D eigenvalue weighted by atomic mass is 10.2. The molecule has 2 aromatic carbocycles. The standard InChI is InChI=1S/C18H15ClN4O3S/c1-24-13-8-11(9-14(25-2)15(13)26-3)17-22-23-16(20-21-18(23)27-17)10-4-6-12(19)7-5-10/h4-9H,1-3H3. The minimum Gasteiger partial charge on any atom is -0.493 e. The Morgan fingerprint density at radius 2 is 1.56 bits per heavy atom. The fraction of sp³-hybridized carbons (Fsp3) is 0.167. The highest BCUT2D eigenvalue weighted by Gasteiger charge is 2.18. The molecule has 0 radical (unpaired) electrons. The van der Waals surface area contributed by atoms with Crippen molar-refractivity contribution in [3.8, 4) is 39.2 Å². The molecule has 0 amide bonds. The second-order valence-corrected chi connectivity index (χ2v) is 6.94. The number of hydrogen-bond acceptors (Lipinski definition) is 7. The van der Waals surface area contributed by atoms with Crippen molar-refractivity contribution < 1.29 is 14.2 Å². The van der Waals surface area contributed by atoms with E-state index in [-0.39, 0.29) is 0 Å². The molecule has 0 aliphatic heterocycles. The maximum absolute atomic E-state index is 5.97. The van der Waals surface area contributed by atoms with E-state index < -0.39 is 0 Å². The molecule has 0 aliphatic carbocycles. The third-order valence-corrected chi connectivity index (χ3v) is 5.20. The van der Waals surface area contributed by atoms with Crippen molar-refractivity contribution in [1.29, 1.82) is 0 Å². The fourth-order valence-corrected chi connectivity index (χ4v) is 3.67. The molecule has 7 nitrogen and oxygen atoms in total. The van der Waals surface area contributed by atoms with Gasteiger partial charge < -0.3 is 14.2 Å². The highest BCUT2D eigenvalue weighted by atomic mass is 35.5. The highest BCUT2D eigenvalue weighted by molar-refractivity contribution is 7.19. The van der Waals surface area contributed by atoms with E-state index in [2.05, 4.69) is 15.3 Å².